The summed E-state index contributed by atoms with van der Waals surface area (Å²) in [7, 11) is 0. The van der Waals surface area contributed by atoms with Crippen LogP contribution in [0.1, 0.15) is 30.0 Å². The second kappa shape index (κ2) is 8.46. The van der Waals surface area contributed by atoms with E-state index in [4.69, 9.17) is 5.26 Å². The van der Waals surface area contributed by atoms with Gasteiger partial charge in [-0.2, -0.15) is 10.2 Å². The smallest absolute Gasteiger partial charge is 0.406 e. The van der Waals surface area contributed by atoms with Crippen LogP contribution in [-0.4, -0.2) is 28.8 Å². The number of hydrogen-bond acceptors (Lipinski definition) is 6. The Balaban J connectivity index is 2.29. The molecule has 0 saturated heterocycles. The van der Waals surface area contributed by atoms with Crippen molar-refractivity contribution < 1.29 is 22.7 Å². The van der Waals surface area contributed by atoms with E-state index in [1.54, 1.807) is 6.07 Å². The molecule has 0 aliphatic heterocycles. The zero-order valence-corrected chi connectivity index (χ0v) is 14.5. The lowest BCUT2D eigenvalue weighted by molar-refractivity contribution is -0.274. The van der Waals surface area contributed by atoms with Crippen molar-refractivity contribution >= 4 is 11.7 Å². The average molecular weight is 379 g/mol. The Hall–Kier alpha value is -3.19. The molecule has 0 spiro atoms. The van der Waals surface area contributed by atoms with Crippen LogP contribution in [0.15, 0.2) is 36.5 Å². The number of ether oxygens (including phenoxy) is 1. The van der Waals surface area contributed by atoms with Crippen molar-refractivity contribution in [3.8, 4) is 11.8 Å². The van der Waals surface area contributed by atoms with Crippen molar-refractivity contribution in [1.82, 2.24) is 15.4 Å². The molecule has 27 heavy (non-hydrogen) atoms. The number of benzene rings is 1. The van der Waals surface area contributed by atoms with Crippen LogP contribution in [0.5, 0.6) is 5.75 Å². The molecule has 1 heterocycles. The van der Waals surface area contributed by atoms with Crippen LogP contribution >= 0.6 is 0 Å². The van der Waals surface area contributed by atoms with E-state index in [9.17, 15) is 18.0 Å². The molecule has 10 heteroatoms. The van der Waals surface area contributed by atoms with Gasteiger partial charge in [0.25, 0.3) is 5.91 Å². The summed E-state index contributed by atoms with van der Waals surface area (Å²) in [6.45, 7) is 4.28. The Bertz CT molecular complexity index is 832. The number of amides is 1. The zero-order chi connectivity index (χ0) is 20.0. The van der Waals surface area contributed by atoms with Crippen LogP contribution in [0, 0.1) is 17.2 Å². The number of carbonyl (C=O) groups is 1. The summed E-state index contributed by atoms with van der Waals surface area (Å²) in [5.74, 6) is -0.778. The third-order valence-corrected chi connectivity index (χ3v) is 3.17. The van der Waals surface area contributed by atoms with Crippen LogP contribution in [-0.2, 0) is 0 Å². The lowest BCUT2D eigenvalue weighted by atomic mass is 10.2. The lowest BCUT2D eigenvalue weighted by Gasteiger charge is -2.23. The molecular formula is C17H16F3N5O2. The van der Waals surface area contributed by atoms with Crippen molar-refractivity contribution in [3.63, 3.8) is 0 Å². The van der Waals surface area contributed by atoms with Crippen LogP contribution < -0.4 is 15.2 Å². The van der Waals surface area contributed by atoms with Crippen molar-refractivity contribution in [3.05, 3.63) is 47.9 Å². The van der Waals surface area contributed by atoms with Gasteiger partial charge in [0.15, 0.2) is 5.82 Å². The number of hydrazine groups is 1. The Morgan fingerprint density at radius 3 is 2.52 bits per heavy atom. The molecule has 1 N–H and O–H groups in total. The van der Waals surface area contributed by atoms with Crippen LogP contribution in [0.3, 0.4) is 0 Å². The number of nitriles is 1. The normalized spacial score (nSPS) is 11.1. The van der Waals surface area contributed by atoms with Gasteiger partial charge >= 0.3 is 6.36 Å². The fourth-order valence-electron chi connectivity index (χ4n) is 1.99. The number of halogens is 3. The molecule has 2 rings (SSSR count). The van der Waals surface area contributed by atoms with Crippen LogP contribution in [0.25, 0.3) is 0 Å². The minimum Gasteiger partial charge on any atom is -0.406 e. The molecule has 0 unspecified atom stereocenters. The van der Waals surface area contributed by atoms with Crippen molar-refractivity contribution in [2.45, 2.75) is 20.2 Å². The molecule has 1 aromatic heterocycles. The zero-order valence-electron chi connectivity index (χ0n) is 14.5. The third-order valence-electron chi connectivity index (χ3n) is 3.17. The average Bonchev–Trinajstić information content (AvgIpc) is 2.61. The second-order valence-electron chi connectivity index (χ2n) is 5.82. The highest BCUT2D eigenvalue weighted by molar-refractivity contribution is 6.05. The second-order valence-corrected chi connectivity index (χ2v) is 5.82. The van der Waals surface area contributed by atoms with Crippen molar-refractivity contribution in [2.75, 3.05) is 11.6 Å². The largest absolute Gasteiger partial charge is 0.573 e. The summed E-state index contributed by atoms with van der Waals surface area (Å²) in [5, 5.41) is 10.1. The number of aromatic nitrogens is 2. The molecule has 0 bridgehead atoms. The quantitative estimate of drug-likeness (QED) is 0.776. The molecule has 2 aromatic rings. The highest BCUT2D eigenvalue weighted by atomic mass is 19.4. The Morgan fingerprint density at radius 2 is 1.96 bits per heavy atom. The maximum Gasteiger partial charge on any atom is 0.573 e. The van der Waals surface area contributed by atoms with E-state index < -0.39 is 18.0 Å². The van der Waals surface area contributed by atoms with E-state index in [0.717, 1.165) is 17.1 Å². The summed E-state index contributed by atoms with van der Waals surface area (Å²) in [6, 6.07) is 7.73. The van der Waals surface area contributed by atoms with E-state index in [0.29, 0.717) is 6.54 Å². The van der Waals surface area contributed by atoms with Gasteiger partial charge in [0.1, 0.15) is 11.8 Å². The van der Waals surface area contributed by atoms with Gasteiger partial charge in [0.05, 0.1) is 0 Å². The highest BCUT2D eigenvalue weighted by Gasteiger charge is 2.31. The van der Waals surface area contributed by atoms with Gasteiger partial charge in [-0.1, -0.05) is 13.8 Å². The highest BCUT2D eigenvalue weighted by Crippen LogP contribution is 2.23. The van der Waals surface area contributed by atoms with E-state index in [2.05, 4.69) is 20.1 Å². The minimum absolute atomic E-state index is 0.109. The standard InChI is InChI=1S/C17H16F3N5O2/c1-11(2)10-23-25(15-7-8-22-14(9-21)24-15)16(26)12-3-5-13(6-4-12)27-17(18,19)20/h3-8,11,23H,10H2,1-2H3. The molecule has 0 fully saturated rings. The minimum atomic E-state index is -4.81. The first kappa shape index (κ1) is 20.1. The third kappa shape index (κ3) is 5.93. The number of nitrogens with one attached hydrogen (secondary N) is 1. The first-order chi connectivity index (χ1) is 12.7. The fourth-order valence-corrected chi connectivity index (χ4v) is 1.99. The van der Waals surface area contributed by atoms with E-state index in [-0.39, 0.29) is 23.1 Å². The predicted octanol–water partition coefficient (Wildman–Crippen LogP) is 3.05. The molecule has 1 amide bonds. The van der Waals surface area contributed by atoms with E-state index in [1.165, 1.54) is 24.4 Å². The number of hydrogen-bond donors (Lipinski definition) is 1. The van der Waals surface area contributed by atoms with Gasteiger partial charge in [-0.05, 0) is 30.2 Å². The summed E-state index contributed by atoms with van der Waals surface area (Å²) < 4.78 is 40.5. The molecule has 1 aromatic carbocycles. The summed E-state index contributed by atoms with van der Waals surface area (Å²) in [5.41, 5.74) is 3.02. The monoisotopic (exact) mass is 379 g/mol. The maximum atomic E-state index is 12.8. The van der Waals surface area contributed by atoms with Gasteiger partial charge < -0.3 is 4.74 Å². The first-order valence-corrected chi connectivity index (χ1v) is 7.86. The Labute approximate surface area is 153 Å². The Morgan fingerprint density at radius 1 is 1.30 bits per heavy atom. The number of rotatable bonds is 6. The SMILES string of the molecule is CC(C)CNN(C(=O)c1ccc(OC(F)(F)F)cc1)c1ccnc(C#N)n1. The van der Waals surface area contributed by atoms with E-state index >= 15 is 0 Å². The van der Waals surface area contributed by atoms with E-state index in [1.807, 2.05) is 13.8 Å². The van der Waals surface area contributed by atoms with Gasteiger partial charge in [0, 0.05) is 24.4 Å². The Kier molecular flexibility index (Phi) is 6.31. The lowest BCUT2D eigenvalue weighted by Crippen LogP contribution is -2.45. The molecule has 142 valence electrons. The molecule has 0 aliphatic rings. The maximum absolute atomic E-state index is 12.8. The predicted molar refractivity (Wildman–Crippen MR) is 89.5 cm³/mol. The molecule has 0 radical (unpaired) electrons. The number of carbonyl (C=O) groups excluding carboxylic acids is 1. The van der Waals surface area contributed by atoms with Crippen molar-refractivity contribution in [2.24, 2.45) is 5.92 Å². The van der Waals surface area contributed by atoms with Crippen molar-refractivity contribution in [1.29, 1.82) is 5.26 Å². The van der Waals surface area contributed by atoms with Crippen LogP contribution in [0.2, 0.25) is 0 Å². The van der Waals surface area contributed by atoms with Gasteiger partial charge in [-0.3, -0.25) is 4.79 Å². The fraction of sp³-hybridized carbons (Fsp3) is 0.294. The van der Waals surface area contributed by atoms with Gasteiger partial charge in [-0.25, -0.2) is 15.4 Å². The summed E-state index contributed by atoms with van der Waals surface area (Å²) in [6.07, 6.45) is -3.48. The topological polar surface area (TPSA) is 91.1 Å². The molecule has 0 aliphatic carbocycles. The number of anilines is 1. The number of alkyl halides is 3. The van der Waals surface area contributed by atoms with Gasteiger partial charge in [0.2, 0.25) is 5.82 Å². The molecule has 7 nitrogen and oxygen atoms in total. The molecule has 0 saturated carbocycles. The first-order valence-electron chi connectivity index (χ1n) is 7.86. The van der Waals surface area contributed by atoms with Gasteiger partial charge in [-0.15, -0.1) is 13.2 Å². The van der Waals surface area contributed by atoms with Crippen LogP contribution in [0.4, 0.5) is 19.0 Å². The number of nitrogens with zero attached hydrogens (tertiary/aromatic N) is 4. The molecular weight excluding hydrogens is 363 g/mol. The molecule has 0 atom stereocenters. The summed E-state index contributed by atoms with van der Waals surface area (Å²) >= 11 is 0. The summed E-state index contributed by atoms with van der Waals surface area (Å²) in [4.78, 5) is 20.5.